The zero-order valence-electron chi connectivity index (χ0n) is 25.1. The fraction of sp³-hybridized carbons (Fsp3) is 0.135. The number of nitrogens with zero attached hydrogens (tertiary/aromatic N) is 5. The van der Waals surface area contributed by atoms with Crippen LogP contribution in [0.3, 0.4) is 0 Å². The molecule has 0 saturated carbocycles. The number of aromatic amines is 1. The van der Waals surface area contributed by atoms with Gasteiger partial charge in [-0.2, -0.15) is 0 Å². The Kier molecular flexibility index (Phi) is 7.31. The molecule has 8 nitrogen and oxygen atoms in total. The number of carbonyl (C=O) groups is 2. The number of amides is 2. The monoisotopic (exact) mass is 592 g/mol. The Morgan fingerprint density at radius 2 is 1.47 bits per heavy atom. The first-order valence-electron chi connectivity index (χ1n) is 15.0. The number of aromatic nitrogens is 4. The number of rotatable bonds is 7. The number of H-pyrrole nitrogens is 1. The molecule has 2 aromatic heterocycles. The van der Waals surface area contributed by atoms with Gasteiger partial charge in [0.05, 0.1) is 16.9 Å². The van der Waals surface area contributed by atoms with E-state index in [0.29, 0.717) is 29.5 Å². The highest BCUT2D eigenvalue weighted by Gasteiger charge is 2.35. The number of hydrogen-bond acceptors (Lipinski definition) is 4. The highest BCUT2D eigenvalue weighted by Crippen LogP contribution is 2.38. The quantitative estimate of drug-likeness (QED) is 0.208. The molecular formula is C37H32N6O2. The average molecular weight is 593 g/mol. The maximum Gasteiger partial charge on any atom is 0.262 e. The summed E-state index contributed by atoms with van der Waals surface area (Å²) in [6, 6.07) is 35.2. The molecule has 8 heteroatoms. The maximum absolute atomic E-state index is 14.8. The van der Waals surface area contributed by atoms with Crippen molar-refractivity contribution in [2.24, 2.45) is 0 Å². The molecule has 0 aliphatic carbocycles. The van der Waals surface area contributed by atoms with Gasteiger partial charge in [0.1, 0.15) is 6.54 Å². The molecule has 1 aliphatic rings. The second-order valence-electron chi connectivity index (χ2n) is 11.4. The van der Waals surface area contributed by atoms with Gasteiger partial charge in [0.2, 0.25) is 5.91 Å². The fourth-order valence-corrected chi connectivity index (χ4v) is 5.91. The molecule has 0 unspecified atom stereocenters. The highest BCUT2D eigenvalue weighted by atomic mass is 16.2. The minimum absolute atomic E-state index is 0.0689. The standard InChI is InChI=1S/C37H32N6O2/c1-25(2)41(23-26-13-5-3-6-14-26)34(44)24-42-32-19-11-12-20-33(32)43-35(27-15-7-4-8-16-27)39-40-36(43)30(37(42)45)21-28-22-38-31-18-10-9-17-29(28)31/h3-22,25,38H,23-24H2,1-2H3/b30-21+. The first-order valence-corrected chi connectivity index (χ1v) is 15.0. The summed E-state index contributed by atoms with van der Waals surface area (Å²) in [4.78, 5) is 35.6. The van der Waals surface area contributed by atoms with Crippen molar-refractivity contribution >= 4 is 40.1 Å². The Morgan fingerprint density at radius 3 is 2.22 bits per heavy atom. The van der Waals surface area contributed by atoms with E-state index in [2.05, 4.69) is 15.2 Å². The van der Waals surface area contributed by atoms with Crippen molar-refractivity contribution < 1.29 is 9.59 Å². The number of anilines is 1. The first-order chi connectivity index (χ1) is 22.0. The van der Waals surface area contributed by atoms with Crippen LogP contribution < -0.4 is 4.90 Å². The molecule has 0 saturated heterocycles. The van der Waals surface area contributed by atoms with Crippen molar-refractivity contribution in [2.45, 2.75) is 26.4 Å². The molecule has 2 amide bonds. The normalized spacial score (nSPS) is 13.6. The highest BCUT2D eigenvalue weighted by molar-refractivity contribution is 6.31. The van der Waals surface area contributed by atoms with E-state index in [9.17, 15) is 9.59 Å². The van der Waals surface area contributed by atoms with Gasteiger partial charge >= 0.3 is 0 Å². The van der Waals surface area contributed by atoms with Crippen LogP contribution in [0.15, 0.2) is 115 Å². The van der Waals surface area contributed by atoms with E-state index in [1.165, 1.54) is 0 Å². The summed E-state index contributed by atoms with van der Waals surface area (Å²) in [5.41, 5.74) is 5.37. The van der Waals surface area contributed by atoms with Crippen molar-refractivity contribution in [2.75, 3.05) is 11.4 Å². The largest absolute Gasteiger partial charge is 0.361 e. The number of fused-ring (bicyclic) bond motifs is 4. The van der Waals surface area contributed by atoms with Gasteiger partial charge < -0.3 is 9.88 Å². The second kappa shape index (κ2) is 11.7. The van der Waals surface area contributed by atoms with Crippen LogP contribution in [-0.2, 0) is 16.1 Å². The molecule has 0 fully saturated rings. The molecule has 222 valence electrons. The number of para-hydroxylation sites is 3. The first kappa shape index (κ1) is 28.0. The van der Waals surface area contributed by atoms with Crippen LogP contribution in [0.4, 0.5) is 5.69 Å². The molecule has 1 aliphatic heterocycles. The van der Waals surface area contributed by atoms with Crippen LogP contribution >= 0.6 is 0 Å². The third-order valence-corrected chi connectivity index (χ3v) is 8.18. The van der Waals surface area contributed by atoms with Crippen molar-refractivity contribution in [3.8, 4) is 17.1 Å². The number of carbonyl (C=O) groups excluding carboxylic acids is 2. The molecule has 0 radical (unpaired) electrons. The van der Waals surface area contributed by atoms with Crippen molar-refractivity contribution in [3.05, 3.63) is 132 Å². The van der Waals surface area contributed by atoms with Gasteiger partial charge in [-0.1, -0.05) is 91.0 Å². The van der Waals surface area contributed by atoms with E-state index >= 15 is 0 Å². The van der Waals surface area contributed by atoms with Crippen LogP contribution in [0, 0.1) is 0 Å². The van der Waals surface area contributed by atoms with E-state index in [0.717, 1.165) is 33.3 Å². The zero-order valence-corrected chi connectivity index (χ0v) is 25.1. The van der Waals surface area contributed by atoms with Crippen molar-refractivity contribution in [1.82, 2.24) is 24.6 Å². The predicted molar refractivity (Wildman–Crippen MR) is 177 cm³/mol. The van der Waals surface area contributed by atoms with Crippen LogP contribution in [0.25, 0.3) is 39.6 Å². The predicted octanol–water partition coefficient (Wildman–Crippen LogP) is 6.74. The second-order valence-corrected chi connectivity index (χ2v) is 11.4. The van der Waals surface area contributed by atoms with E-state index in [1.807, 2.05) is 145 Å². The summed E-state index contributed by atoms with van der Waals surface area (Å²) in [5.74, 6) is 0.549. The molecule has 0 bridgehead atoms. The lowest BCUT2D eigenvalue weighted by Gasteiger charge is -2.30. The average Bonchev–Trinajstić information content (AvgIpc) is 3.68. The Morgan fingerprint density at radius 1 is 0.822 bits per heavy atom. The summed E-state index contributed by atoms with van der Waals surface area (Å²) < 4.78 is 1.93. The third-order valence-electron chi connectivity index (χ3n) is 8.18. The lowest BCUT2D eigenvalue weighted by molar-refractivity contribution is -0.133. The number of hydrogen-bond donors (Lipinski definition) is 1. The Balaban J connectivity index is 1.39. The van der Waals surface area contributed by atoms with Gasteiger partial charge in [-0.3, -0.25) is 19.1 Å². The Bertz CT molecular complexity index is 2040. The number of nitrogens with one attached hydrogen (secondary N) is 1. The van der Waals surface area contributed by atoms with Gasteiger partial charge in [0.15, 0.2) is 11.6 Å². The van der Waals surface area contributed by atoms with Crippen molar-refractivity contribution in [3.63, 3.8) is 0 Å². The van der Waals surface area contributed by atoms with Crippen LogP contribution in [0.1, 0.15) is 30.8 Å². The molecule has 4 aromatic carbocycles. The van der Waals surface area contributed by atoms with E-state index in [4.69, 9.17) is 0 Å². The third kappa shape index (κ3) is 5.20. The van der Waals surface area contributed by atoms with Gasteiger partial charge in [0, 0.05) is 40.8 Å². The smallest absolute Gasteiger partial charge is 0.262 e. The summed E-state index contributed by atoms with van der Waals surface area (Å²) in [6.45, 7) is 4.30. The summed E-state index contributed by atoms with van der Waals surface area (Å²) in [6.07, 6.45) is 3.74. The molecule has 6 aromatic rings. The minimum Gasteiger partial charge on any atom is -0.361 e. The molecular weight excluding hydrogens is 560 g/mol. The van der Waals surface area contributed by atoms with Crippen molar-refractivity contribution in [1.29, 1.82) is 0 Å². The SMILES string of the molecule is CC(C)N(Cc1ccccc1)C(=O)CN1C(=O)/C(=C/c2c[nH]c3ccccc23)c2nnc(-c3ccccc3)n2-c2ccccc21. The lowest BCUT2D eigenvalue weighted by atomic mass is 10.1. The van der Waals surface area contributed by atoms with Gasteiger partial charge in [0.25, 0.3) is 5.91 Å². The fourth-order valence-electron chi connectivity index (χ4n) is 5.91. The molecule has 45 heavy (non-hydrogen) atoms. The Labute approximate surface area is 261 Å². The summed E-state index contributed by atoms with van der Waals surface area (Å²) in [7, 11) is 0. The van der Waals surface area contributed by atoms with Gasteiger partial charge in [-0.05, 0) is 43.7 Å². The minimum atomic E-state index is -0.324. The van der Waals surface area contributed by atoms with Crippen LogP contribution in [-0.4, -0.2) is 49.0 Å². The Hall–Kier alpha value is -5.76. The van der Waals surface area contributed by atoms with Crippen LogP contribution in [0.2, 0.25) is 0 Å². The van der Waals surface area contributed by atoms with E-state index in [-0.39, 0.29) is 24.4 Å². The molecule has 7 rings (SSSR count). The lowest BCUT2D eigenvalue weighted by Crippen LogP contribution is -2.45. The molecule has 1 N–H and O–H groups in total. The molecule has 0 atom stereocenters. The van der Waals surface area contributed by atoms with Gasteiger partial charge in [-0.25, -0.2) is 0 Å². The van der Waals surface area contributed by atoms with E-state index < -0.39 is 0 Å². The molecule has 3 heterocycles. The van der Waals surface area contributed by atoms with Gasteiger partial charge in [-0.15, -0.1) is 10.2 Å². The zero-order chi connectivity index (χ0) is 30.9. The summed E-state index contributed by atoms with van der Waals surface area (Å²) in [5, 5.41) is 10.2. The topological polar surface area (TPSA) is 87.1 Å². The van der Waals surface area contributed by atoms with E-state index in [1.54, 1.807) is 4.90 Å². The summed E-state index contributed by atoms with van der Waals surface area (Å²) >= 11 is 0. The maximum atomic E-state index is 14.8. The van der Waals surface area contributed by atoms with Crippen LogP contribution in [0.5, 0.6) is 0 Å². The number of benzene rings is 4. The molecule has 0 spiro atoms.